The molecule has 1 atom stereocenters. The van der Waals surface area contributed by atoms with Gasteiger partial charge in [-0.1, -0.05) is 6.07 Å². The van der Waals surface area contributed by atoms with E-state index in [1.165, 1.54) is 24.3 Å². The predicted molar refractivity (Wildman–Crippen MR) is 102 cm³/mol. The van der Waals surface area contributed by atoms with Crippen LogP contribution in [0.4, 0.5) is 9.18 Å². The second-order valence-corrected chi connectivity index (χ2v) is 7.33. The van der Waals surface area contributed by atoms with Crippen LogP contribution >= 0.6 is 0 Å². The molecule has 0 aliphatic carbocycles. The number of aliphatic carboxylic acids is 1. The maximum Gasteiger partial charge on any atom is 0.411 e. The molecule has 1 aliphatic rings. The summed E-state index contributed by atoms with van der Waals surface area (Å²) < 4.78 is 23.3. The Kier molecular flexibility index (Phi) is 6.77. The third kappa shape index (κ3) is 5.31. The number of carboxylic acids is 1. The van der Waals surface area contributed by atoms with E-state index in [2.05, 4.69) is 4.98 Å². The van der Waals surface area contributed by atoms with Crippen LogP contribution in [0.1, 0.15) is 33.6 Å². The minimum Gasteiger partial charge on any atom is -0.481 e. The third-order valence-electron chi connectivity index (χ3n) is 4.08. The highest BCUT2D eigenvalue weighted by Gasteiger charge is 2.36. The number of methoxy groups -OCH3 is 1. The summed E-state index contributed by atoms with van der Waals surface area (Å²) in [5.41, 5.74) is -0.581. The zero-order valence-corrected chi connectivity index (χ0v) is 16.4. The lowest BCUT2D eigenvalue weighted by molar-refractivity contribution is -0.142. The topological polar surface area (TPSA) is 89.0 Å². The SMILES string of the molecule is CC(C)(C)OC(=O)N1CCC[C@H]1C(=O)O.COc1nccc2c(F)cccc12. The van der Waals surface area contributed by atoms with Crippen molar-refractivity contribution in [2.24, 2.45) is 0 Å². The zero-order chi connectivity index (χ0) is 20.9. The number of hydrogen-bond donors (Lipinski definition) is 1. The number of fused-ring (bicyclic) bond motifs is 1. The van der Waals surface area contributed by atoms with E-state index in [4.69, 9.17) is 14.6 Å². The number of carbonyl (C=O) groups is 2. The summed E-state index contributed by atoms with van der Waals surface area (Å²) in [5, 5.41) is 10.1. The van der Waals surface area contributed by atoms with Gasteiger partial charge in [-0.05, 0) is 51.8 Å². The van der Waals surface area contributed by atoms with Gasteiger partial charge in [0.1, 0.15) is 17.5 Å². The molecule has 1 aliphatic heterocycles. The van der Waals surface area contributed by atoms with Gasteiger partial charge in [-0.2, -0.15) is 0 Å². The fraction of sp³-hybridized carbons (Fsp3) is 0.450. The molecule has 152 valence electrons. The zero-order valence-electron chi connectivity index (χ0n) is 16.4. The van der Waals surface area contributed by atoms with E-state index in [0.717, 1.165) is 6.42 Å². The van der Waals surface area contributed by atoms with Crippen molar-refractivity contribution in [1.29, 1.82) is 0 Å². The number of carbonyl (C=O) groups excluding carboxylic acids is 1. The first-order valence-electron chi connectivity index (χ1n) is 8.93. The van der Waals surface area contributed by atoms with Crippen LogP contribution in [-0.4, -0.2) is 52.4 Å². The van der Waals surface area contributed by atoms with E-state index in [9.17, 15) is 14.0 Å². The largest absolute Gasteiger partial charge is 0.481 e. The van der Waals surface area contributed by atoms with Gasteiger partial charge in [-0.3, -0.25) is 4.90 Å². The molecule has 3 rings (SSSR count). The van der Waals surface area contributed by atoms with Crippen LogP contribution in [0.25, 0.3) is 10.8 Å². The number of rotatable bonds is 2. The summed E-state index contributed by atoms with van der Waals surface area (Å²) in [5.74, 6) is -0.756. The second kappa shape index (κ2) is 8.86. The lowest BCUT2D eigenvalue weighted by Gasteiger charge is -2.26. The molecule has 1 amide bonds. The highest BCUT2D eigenvalue weighted by atomic mass is 19.1. The van der Waals surface area contributed by atoms with Gasteiger partial charge in [0.25, 0.3) is 0 Å². The van der Waals surface area contributed by atoms with Gasteiger partial charge in [0.05, 0.1) is 7.11 Å². The lowest BCUT2D eigenvalue weighted by atomic mass is 10.1. The molecule has 0 unspecified atom stereocenters. The first kappa shape index (κ1) is 21.4. The van der Waals surface area contributed by atoms with Crippen molar-refractivity contribution < 1.29 is 28.6 Å². The highest BCUT2D eigenvalue weighted by Crippen LogP contribution is 2.24. The number of carboxylic acid groups (broad SMARTS) is 1. The smallest absolute Gasteiger partial charge is 0.411 e. The predicted octanol–water partition coefficient (Wildman–Crippen LogP) is 3.85. The molecule has 28 heavy (non-hydrogen) atoms. The summed E-state index contributed by atoms with van der Waals surface area (Å²) in [7, 11) is 1.52. The molecular weight excluding hydrogens is 367 g/mol. The molecule has 2 heterocycles. The first-order chi connectivity index (χ1) is 13.1. The maximum atomic E-state index is 13.2. The van der Waals surface area contributed by atoms with Crippen molar-refractivity contribution in [3.8, 4) is 5.88 Å². The quantitative estimate of drug-likeness (QED) is 0.835. The summed E-state index contributed by atoms with van der Waals surface area (Å²) >= 11 is 0. The van der Waals surface area contributed by atoms with Crippen molar-refractivity contribution in [1.82, 2.24) is 9.88 Å². The van der Waals surface area contributed by atoms with E-state index in [-0.39, 0.29) is 5.82 Å². The van der Waals surface area contributed by atoms with Crippen LogP contribution in [0.2, 0.25) is 0 Å². The molecule has 1 aromatic carbocycles. The molecule has 1 N–H and O–H groups in total. The molecule has 8 heteroatoms. The maximum absolute atomic E-state index is 13.2. The van der Waals surface area contributed by atoms with Gasteiger partial charge in [0.15, 0.2) is 0 Å². The van der Waals surface area contributed by atoms with Crippen LogP contribution in [0.5, 0.6) is 5.88 Å². The number of amides is 1. The van der Waals surface area contributed by atoms with Gasteiger partial charge >= 0.3 is 12.1 Å². The van der Waals surface area contributed by atoms with Crippen molar-refractivity contribution in [2.75, 3.05) is 13.7 Å². The number of nitrogens with zero attached hydrogens (tertiary/aromatic N) is 2. The number of halogens is 1. The molecule has 0 spiro atoms. The number of ether oxygens (including phenoxy) is 2. The number of benzene rings is 1. The molecule has 0 saturated carbocycles. The van der Waals surface area contributed by atoms with Crippen LogP contribution < -0.4 is 4.74 Å². The number of aromatic nitrogens is 1. The third-order valence-corrected chi connectivity index (χ3v) is 4.08. The Balaban J connectivity index is 0.000000202. The Hall–Kier alpha value is -2.90. The van der Waals surface area contributed by atoms with E-state index in [0.29, 0.717) is 29.6 Å². The molecule has 7 nitrogen and oxygen atoms in total. The van der Waals surface area contributed by atoms with Crippen LogP contribution in [-0.2, 0) is 9.53 Å². The fourth-order valence-corrected chi connectivity index (χ4v) is 2.87. The molecule has 2 aromatic rings. The molecule has 1 saturated heterocycles. The Bertz CT molecular complexity index is 850. The van der Waals surface area contributed by atoms with Crippen molar-refractivity contribution in [3.05, 3.63) is 36.3 Å². The van der Waals surface area contributed by atoms with Crippen LogP contribution in [0.3, 0.4) is 0 Å². The van der Waals surface area contributed by atoms with Gasteiger partial charge in [0, 0.05) is 23.5 Å². The molecule has 0 bridgehead atoms. The normalized spacial score (nSPS) is 16.3. The van der Waals surface area contributed by atoms with E-state index < -0.39 is 23.7 Å². The van der Waals surface area contributed by atoms with Crippen LogP contribution in [0, 0.1) is 5.82 Å². The highest BCUT2D eigenvalue weighted by molar-refractivity contribution is 5.87. The van der Waals surface area contributed by atoms with E-state index in [1.807, 2.05) is 0 Å². The standard InChI is InChI=1S/C10H8FNO.C10H17NO4/c1-13-10-8-3-2-4-9(11)7(8)5-6-12-10;1-10(2,3)15-9(14)11-6-4-5-7(11)8(12)13/h2-6H,1H3;7H,4-6H2,1-3H3,(H,12,13)/t;7-/m.0/s1. The Morgan fingerprint density at radius 1 is 1.25 bits per heavy atom. The second-order valence-electron chi connectivity index (χ2n) is 7.33. The van der Waals surface area contributed by atoms with E-state index >= 15 is 0 Å². The lowest BCUT2D eigenvalue weighted by Crippen LogP contribution is -2.43. The number of pyridine rings is 1. The van der Waals surface area contributed by atoms with E-state index in [1.54, 1.807) is 39.0 Å². The minimum absolute atomic E-state index is 0.252. The van der Waals surface area contributed by atoms with Gasteiger partial charge in [-0.25, -0.2) is 19.0 Å². The summed E-state index contributed by atoms with van der Waals surface area (Å²) in [6.45, 7) is 5.75. The fourth-order valence-electron chi connectivity index (χ4n) is 2.87. The number of likely N-dealkylation sites (tertiary alicyclic amines) is 1. The van der Waals surface area contributed by atoms with Crippen molar-refractivity contribution in [3.63, 3.8) is 0 Å². The summed E-state index contributed by atoms with van der Waals surface area (Å²) in [6.07, 6.45) is 2.22. The Morgan fingerprint density at radius 3 is 2.57 bits per heavy atom. The number of hydrogen-bond acceptors (Lipinski definition) is 5. The molecule has 1 fully saturated rings. The summed E-state index contributed by atoms with van der Waals surface area (Å²) in [6, 6.07) is 5.75. The Morgan fingerprint density at radius 2 is 1.96 bits per heavy atom. The van der Waals surface area contributed by atoms with Gasteiger partial charge in [-0.15, -0.1) is 0 Å². The van der Waals surface area contributed by atoms with Crippen molar-refractivity contribution >= 4 is 22.8 Å². The summed E-state index contributed by atoms with van der Waals surface area (Å²) in [4.78, 5) is 27.7. The van der Waals surface area contributed by atoms with Gasteiger partial charge in [0.2, 0.25) is 5.88 Å². The average molecular weight is 392 g/mol. The first-order valence-corrected chi connectivity index (χ1v) is 8.93. The van der Waals surface area contributed by atoms with Gasteiger partial charge < -0.3 is 14.6 Å². The monoisotopic (exact) mass is 392 g/mol. The molecular formula is C20H25FN2O5. The molecule has 0 radical (unpaired) electrons. The minimum atomic E-state index is -0.960. The Labute approximate surface area is 163 Å². The average Bonchev–Trinajstić information content (AvgIpc) is 3.11. The molecule has 1 aromatic heterocycles. The van der Waals surface area contributed by atoms with Crippen LogP contribution in [0.15, 0.2) is 30.5 Å². The van der Waals surface area contributed by atoms with Crippen molar-refractivity contribution in [2.45, 2.75) is 45.3 Å².